The average molecular weight is 404 g/mol. The van der Waals surface area contributed by atoms with Crippen LogP contribution in [0.3, 0.4) is 0 Å². The van der Waals surface area contributed by atoms with Crippen molar-refractivity contribution >= 4 is 27.6 Å². The highest BCUT2D eigenvalue weighted by molar-refractivity contribution is 7.89. The third-order valence-electron chi connectivity index (χ3n) is 4.73. The average Bonchev–Trinajstić information content (AvgIpc) is 3.04. The zero-order valence-corrected chi connectivity index (χ0v) is 16.2. The van der Waals surface area contributed by atoms with Gasteiger partial charge in [0, 0.05) is 12.1 Å². The minimum absolute atomic E-state index is 0.0136. The van der Waals surface area contributed by atoms with Gasteiger partial charge in [-0.3, -0.25) is 9.59 Å². The molecule has 0 radical (unpaired) electrons. The molecular weight excluding hydrogens is 384 g/mol. The van der Waals surface area contributed by atoms with Gasteiger partial charge in [-0.2, -0.15) is 0 Å². The van der Waals surface area contributed by atoms with Crippen molar-refractivity contribution in [3.8, 4) is 5.75 Å². The van der Waals surface area contributed by atoms with Gasteiger partial charge >= 0.3 is 5.97 Å². The number of nitrogens with two attached hydrogens (primary N) is 1. The molecule has 1 saturated heterocycles. The number of esters is 1. The fourth-order valence-electron chi connectivity index (χ4n) is 3.38. The first-order chi connectivity index (χ1) is 13.3. The Kier molecular flexibility index (Phi) is 5.39. The van der Waals surface area contributed by atoms with E-state index in [2.05, 4.69) is 0 Å². The Morgan fingerprint density at radius 1 is 1.07 bits per heavy atom. The molecule has 2 atom stereocenters. The van der Waals surface area contributed by atoms with Gasteiger partial charge < -0.3 is 14.4 Å². The second-order valence-electron chi connectivity index (χ2n) is 6.35. The molecule has 0 bridgehead atoms. The highest BCUT2D eigenvalue weighted by Gasteiger charge is 2.46. The van der Waals surface area contributed by atoms with Crippen molar-refractivity contribution in [1.29, 1.82) is 0 Å². The van der Waals surface area contributed by atoms with E-state index in [1.165, 1.54) is 36.3 Å². The largest absolute Gasteiger partial charge is 0.497 e. The first kappa shape index (κ1) is 19.8. The van der Waals surface area contributed by atoms with E-state index in [1.807, 2.05) is 0 Å². The number of rotatable bonds is 5. The van der Waals surface area contributed by atoms with Gasteiger partial charge in [0.05, 0.1) is 31.1 Å². The predicted molar refractivity (Wildman–Crippen MR) is 101 cm³/mol. The summed E-state index contributed by atoms with van der Waals surface area (Å²) in [6.07, 6.45) is -0.0136. The topological polar surface area (TPSA) is 116 Å². The van der Waals surface area contributed by atoms with E-state index in [0.717, 1.165) is 5.56 Å². The van der Waals surface area contributed by atoms with Crippen molar-refractivity contribution in [3.63, 3.8) is 0 Å². The maximum atomic E-state index is 12.7. The zero-order valence-electron chi connectivity index (χ0n) is 15.4. The van der Waals surface area contributed by atoms with E-state index >= 15 is 0 Å². The van der Waals surface area contributed by atoms with Crippen LogP contribution in [0.15, 0.2) is 53.4 Å². The van der Waals surface area contributed by atoms with Crippen molar-refractivity contribution in [2.75, 3.05) is 19.1 Å². The molecular formula is C19H20N2O6S. The minimum Gasteiger partial charge on any atom is -0.497 e. The molecule has 3 rings (SSSR count). The zero-order chi connectivity index (χ0) is 20.5. The van der Waals surface area contributed by atoms with Crippen LogP contribution < -0.4 is 14.8 Å². The van der Waals surface area contributed by atoms with E-state index in [1.54, 1.807) is 31.4 Å². The minimum atomic E-state index is -3.85. The van der Waals surface area contributed by atoms with Crippen LogP contribution in [0.25, 0.3) is 0 Å². The summed E-state index contributed by atoms with van der Waals surface area (Å²) in [5.74, 6) is -0.798. The van der Waals surface area contributed by atoms with Gasteiger partial charge in [-0.1, -0.05) is 12.1 Å². The molecule has 1 aliphatic heterocycles. The molecule has 1 aliphatic rings. The van der Waals surface area contributed by atoms with Gasteiger partial charge in [0.15, 0.2) is 0 Å². The number of anilines is 1. The Morgan fingerprint density at radius 2 is 1.68 bits per heavy atom. The first-order valence-corrected chi connectivity index (χ1v) is 9.97. The van der Waals surface area contributed by atoms with Crippen LogP contribution >= 0.6 is 0 Å². The molecule has 1 amide bonds. The Labute approximate surface area is 162 Å². The number of amides is 1. The van der Waals surface area contributed by atoms with Gasteiger partial charge in [0.1, 0.15) is 5.75 Å². The van der Waals surface area contributed by atoms with Crippen LogP contribution in [0.5, 0.6) is 5.75 Å². The van der Waals surface area contributed by atoms with E-state index in [0.29, 0.717) is 11.4 Å². The molecule has 0 unspecified atom stereocenters. The van der Waals surface area contributed by atoms with Crippen molar-refractivity contribution in [2.24, 2.45) is 11.1 Å². The number of nitrogens with zero attached hydrogens (tertiary/aromatic N) is 1. The van der Waals surface area contributed by atoms with Crippen LogP contribution in [-0.2, 0) is 24.3 Å². The SMILES string of the molecule is COC(=O)[C@@H]1CC(=O)N(c2ccc(S(N)(=O)=O)cc2)[C@H]1c1ccc(OC)cc1. The van der Waals surface area contributed by atoms with E-state index in [-0.39, 0.29) is 17.2 Å². The van der Waals surface area contributed by atoms with Gasteiger partial charge in [0.25, 0.3) is 0 Å². The molecule has 9 heteroatoms. The second kappa shape index (κ2) is 7.61. The number of carbonyl (C=O) groups excluding carboxylic acids is 2. The Morgan fingerprint density at radius 3 is 2.18 bits per heavy atom. The van der Waals surface area contributed by atoms with Crippen LogP contribution in [0, 0.1) is 5.92 Å². The summed E-state index contributed by atoms with van der Waals surface area (Å²) in [6.45, 7) is 0. The van der Waals surface area contributed by atoms with Crippen molar-refractivity contribution in [1.82, 2.24) is 0 Å². The smallest absolute Gasteiger partial charge is 0.311 e. The van der Waals surface area contributed by atoms with Crippen LogP contribution in [0.4, 0.5) is 5.69 Å². The number of carbonyl (C=O) groups is 2. The third kappa shape index (κ3) is 3.71. The number of benzene rings is 2. The third-order valence-corrected chi connectivity index (χ3v) is 5.66. The highest BCUT2D eigenvalue weighted by atomic mass is 32.2. The molecule has 1 heterocycles. The van der Waals surface area contributed by atoms with E-state index in [4.69, 9.17) is 14.6 Å². The summed E-state index contributed by atoms with van der Waals surface area (Å²) in [7, 11) is -1.02. The lowest BCUT2D eigenvalue weighted by Crippen LogP contribution is -2.31. The summed E-state index contributed by atoms with van der Waals surface area (Å²) >= 11 is 0. The van der Waals surface area contributed by atoms with Crippen LogP contribution in [-0.4, -0.2) is 34.5 Å². The van der Waals surface area contributed by atoms with Gasteiger partial charge in [-0.15, -0.1) is 0 Å². The summed E-state index contributed by atoms with van der Waals surface area (Å²) in [6, 6.07) is 12.1. The Bertz CT molecular complexity index is 986. The standard InChI is InChI=1S/C19H20N2O6S/c1-26-14-7-3-12(4-8-14)18-16(19(23)27-2)11-17(22)21(18)13-5-9-15(10-6-13)28(20,24)25/h3-10,16,18H,11H2,1-2H3,(H2,20,24,25)/t16-,18+/m1/s1. The first-order valence-electron chi connectivity index (χ1n) is 8.43. The van der Waals surface area contributed by atoms with Gasteiger partial charge in [0.2, 0.25) is 15.9 Å². The normalized spacial score (nSPS) is 19.5. The predicted octanol–water partition coefficient (Wildman–Crippen LogP) is 1.61. The molecule has 28 heavy (non-hydrogen) atoms. The Balaban J connectivity index is 2.05. The second-order valence-corrected chi connectivity index (χ2v) is 7.92. The van der Waals surface area contributed by atoms with E-state index < -0.39 is 28.0 Å². The number of methoxy groups -OCH3 is 2. The molecule has 0 aliphatic carbocycles. The quantitative estimate of drug-likeness (QED) is 0.757. The summed E-state index contributed by atoms with van der Waals surface area (Å²) in [5, 5.41) is 5.13. The maximum absolute atomic E-state index is 12.7. The molecule has 8 nitrogen and oxygen atoms in total. The molecule has 0 spiro atoms. The summed E-state index contributed by atoms with van der Waals surface area (Å²) < 4.78 is 33.0. The van der Waals surface area contributed by atoms with Crippen molar-refractivity contribution in [2.45, 2.75) is 17.4 Å². The molecule has 0 saturated carbocycles. The van der Waals surface area contributed by atoms with Gasteiger partial charge in [-0.05, 0) is 42.0 Å². The lowest BCUT2D eigenvalue weighted by Gasteiger charge is -2.28. The van der Waals surface area contributed by atoms with Crippen LogP contribution in [0.1, 0.15) is 18.0 Å². The number of sulfonamides is 1. The Hall–Kier alpha value is -2.91. The molecule has 0 aromatic heterocycles. The fourth-order valence-corrected chi connectivity index (χ4v) is 3.90. The van der Waals surface area contributed by atoms with Crippen molar-refractivity contribution < 1.29 is 27.5 Å². The maximum Gasteiger partial charge on any atom is 0.311 e. The van der Waals surface area contributed by atoms with Crippen molar-refractivity contribution in [3.05, 3.63) is 54.1 Å². The molecule has 2 aromatic carbocycles. The number of ether oxygens (including phenoxy) is 2. The fraction of sp³-hybridized carbons (Fsp3) is 0.263. The highest BCUT2D eigenvalue weighted by Crippen LogP contribution is 2.42. The van der Waals surface area contributed by atoms with Crippen LogP contribution in [0.2, 0.25) is 0 Å². The lowest BCUT2D eigenvalue weighted by atomic mass is 9.93. The number of hydrogen-bond acceptors (Lipinski definition) is 6. The van der Waals surface area contributed by atoms with E-state index in [9.17, 15) is 18.0 Å². The monoisotopic (exact) mass is 404 g/mol. The summed E-state index contributed by atoms with van der Waals surface area (Å²) in [5.41, 5.74) is 1.20. The lowest BCUT2D eigenvalue weighted by molar-refractivity contribution is -0.146. The molecule has 2 N–H and O–H groups in total. The summed E-state index contributed by atoms with van der Waals surface area (Å²) in [4.78, 5) is 26.5. The molecule has 1 fully saturated rings. The van der Waals surface area contributed by atoms with Gasteiger partial charge in [-0.25, -0.2) is 13.6 Å². The molecule has 148 valence electrons. The number of hydrogen-bond donors (Lipinski definition) is 1. The molecule has 2 aromatic rings. The number of primary sulfonamides is 1.